The molecule has 56 heavy (non-hydrogen) atoms. The van der Waals surface area contributed by atoms with E-state index in [2.05, 4.69) is 88.0 Å². The minimum Gasteiger partial charge on any atom is -0.456 e. The van der Waals surface area contributed by atoms with Crippen molar-refractivity contribution in [2.45, 2.75) is 0 Å². The molecule has 6 heteroatoms. The van der Waals surface area contributed by atoms with Crippen LogP contribution in [0.2, 0.25) is 0 Å². The number of furan rings is 2. The number of nitrogens with zero attached hydrogens (tertiary/aromatic N) is 4. The predicted octanol–water partition coefficient (Wildman–Crippen LogP) is 13.1. The number of rotatable bonds is 3. The van der Waals surface area contributed by atoms with Gasteiger partial charge in [0.15, 0.2) is 5.58 Å². The van der Waals surface area contributed by atoms with Crippen LogP contribution in [0.25, 0.3) is 110 Å². The van der Waals surface area contributed by atoms with E-state index in [1.54, 1.807) is 0 Å². The van der Waals surface area contributed by atoms with Crippen LogP contribution in [0.5, 0.6) is 0 Å². The SMILES string of the molecule is N#Cc1cc(-c2ccc(-n3c4ccccc4c4cc5oc6ccccc6c5cc43)c(C#N)c2)cc(-n2c3ccccc3c3ccc4c5ccccc5oc4c32)c1. The molecule has 0 fully saturated rings. The van der Waals surface area contributed by atoms with Gasteiger partial charge in [-0.25, -0.2) is 0 Å². The van der Waals surface area contributed by atoms with Crippen LogP contribution in [-0.2, 0) is 0 Å². The van der Waals surface area contributed by atoms with E-state index in [0.717, 1.165) is 110 Å². The Morgan fingerprint density at radius 2 is 1.07 bits per heavy atom. The van der Waals surface area contributed by atoms with Crippen molar-refractivity contribution in [2.75, 3.05) is 0 Å². The van der Waals surface area contributed by atoms with Crippen LogP contribution in [0, 0.1) is 22.7 Å². The van der Waals surface area contributed by atoms with Crippen molar-refractivity contribution in [3.05, 3.63) is 169 Å². The monoisotopic (exact) mass is 714 g/mol. The van der Waals surface area contributed by atoms with Crippen molar-refractivity contribution >= 4 is 87.5 Å². The zero-order valence-corrected chi connectivity index (χ0v) is 29.6. The number of hydrogen-bond acceptors (Lipinski definition) is 4. The van der Waals surface area contributed by atoms with Gasteiger partial charge in [-0.15, -0.1) is 0 Å². The van der Waals surface area contributed by atoms with Gasteiger partial charge in [0.05, 0.1) is 45.0 Å². The zero-order chi connectivity index (χ0) is 37.1. The zero-order valence-electron chi connectivity index (χ0n) is 29.6. The summed E-state index contributed by atoms with van der Waals surface area (Å²) in [5, 5.41) is 29.6. The summed E-state index contributed by atoms with van der Waals surface area (Å²) < 4.78 is 17.2. The maximum Gasteiger partial charge on any atom is 0.160 e. The first-order valence-electron chi connectivity index (χ1n) is 18.5. The second-order valence-electron chi connectivity index (χ2n) is 14.3. The van der Waals surface area contributed by atoms with Crippen LogP contribution in [0.4, 0.5) is 0 Å². The average Bonchev–Trinajstić information content (AvgIpc) is 4.00. The molecule has 0 amide bonds. The first-order valence-corrected chi connectivity index (χ1v) is 18.5. The first-order chi connectivity index (χ1) is 27.7. The Bertz CT molecular complexity index is 3750. The Morgan fingerprint density at radius 3 is 1.84 bits per heavy atom. The molecule has 6 nitrogen and oxygen atoms in total. The summed E-state index contributed by atoms with van der Waals surface area (Å²) in [4.78, 5) is 0. The lowest BCUT2D eigenvalue weighted by atomic mass is 9.99. The minimum atomic E-state index is 0.515. The predicted molar refractivity (Wildman–Crippen MR) is 225 cm³/mol. The summed E-state index contributed by atoms with van der Waals surface area (Å²) in [5.41, 5.74) is 11.6. The van der Waals surface area contributed by atoms with Gasteiger partial charge >= 0.3 is 0 Å². The van der Waals surface area contributed by atoms with Crippen LogP contribution in [-0.4, -0.2) is 9.13 Å². The summed E-state index contributed by atoms with van der Waals surface area (Å²) in [7, 11) is 0. The fourth-order valence-electron chi connectivity index (χ4n) is 8.92. The second kappa shape index (κ2) is 11.2. The molecule has 0 saturated heterocycles. The van der Waals surface area contributed by atoms with Crippen LogP contribution in [0.15, 0.2) is 167 Å². The molecule has 0 aliphatic carbocycles. The number of fused-ring (bicyclic) bond motifs is 13. The standard InChI is InChI=1S/C50H26N4O2/c51-27-29-21-31(24-33(22-29)53-43-13-5-1-9-34(43)38-18-19-39-36-11-3-8-16-47(36)56-50(39)49(38)53)30-17-20-42(32(23-30)28-52)54-44-14-6-2-10-35(44)40-26-48-41(25-45(40)54)37-12-4-7-15-46(37)55-48/h1-26H. The highest BCUT2D eigenvalue weighted by atomic mass is 16.3. The Labute approximate surface area is 318 Å². The Morgan fingerprint density at radius 1 is 0.411 bits per heavy atom. The summed E-state index contributed by atoms with van der Waals surface area (Å²) in [6.07, 6.45) is 0. The third-order valence-corrected chi connectivity index (χ3v) is 11.3. The number of hydrogen-bond donors (Lipinski definition) is 0. The molecule has 4 heterocycles. The van der Waals surface area contributed by atoms with Gasteiger partial charge in [0.2, 0.25) is 0 Å². The van der Waals surface area contributed by atoms with Gasteiger partial charge < -0.3 is 18.0 Å². The van der Waals surface area contributed by atoms with Crippen LogP contribution in [0.1, 0.15) is 11.1 Å². The van der Waals surface area contributed by atoms with Crippen LogP contribution >= 0.6 is 0 Å². The van der Waals surface area contributed by atoms with Crippen molar-refractivity contribution in [1.29, 1.82) is 10.5 Å². The quantitative estimate of drug-likeness (QED) is 0.182. The first kappa shape index (κ1) is 30.4. The Hall–Kier alpha value is -8.06. The van der Waals surface area contributed by atoms with E-state index in [-0.39, 0.29) is 0 Å². The van der Waals surface area contributed by atoms with Crippen molar-refractivity contribution in [2.24, 2.45) is 0 Å². The molecule has 0 atom stereocenters. The van der Waals surface area contributed by atoms with Gasteiger partial charge in [-0.2, -0.15) is 10.5 Å². The highest BCUT2D eigenvalue weighted by Crippen LogP contribution is 2.42. The molecule has 12 aromatic rings. The van der Waals surface area contributed by atoms with E-state index in [9.17, 15) is 10.5 Å². The molecule has 0 radical (unpaired) electrons. The van der Waals surface area contributed by atoms with Crippen molar-refractivity contribution in [3.63, 3.8) is 0 Å². The fraction of sp³-hybridized carbons (Fsp3) is 0. The second-order valence-corrected chi connectivity index (χ2v) is 14.3. The molecule has 4 aromatic heterocycles. The van der Waals surface area contributed by atoms with Gasteiger partial charge in [-0.1, -0.05) is 84.9 Å². The van der Waals surface area contributed by atoms with Gasteiger partial charge in [-0.3, -0.25) is 0 Å². The molecular formula is C50H26N4O2. The molecule has 12 rings (SSSR count). The van der Waals surface area contributed by atoms with E-state index in [4.69, 9.17) is 8.83 Å². The topological polar surface area (TPSA) is 83.7 Å². The lowest BCUT2D eigenvalue weighted by molar-refractivity contribution is 0.669. The molecule has 0 bridgehead atoms. The number of nitriles is 2. The van der Waals surface area contributed by atoms with Crippen LogP contribution in [0.3, 0.4) is 0 Å². The van der Waals surface area contributed by atoms with Gasteiger partial charge in [0.1, 0.15) is 22.8 Å². The normalized spacial score (nSPS) is 11.9. The maximum atomic E-state index is 10.8. The van der Waals surface area contributed by atoms with Crippen molar-refractivity contribution < 1.29 is 8.83 Å². The Kier molecular flexibility index (Phi) is 6.10. The number of benzene rings is 8. The summed E-state index contributed by atoms with van der Waals surface area (Å²) in [6, 6.07) is 58.2. The molecular weight excluding hydrogens is 689 g/mol. The number of para-hydroxylation sites is 4. The minimum absolute atomic E-state index is 0.515. The van der Waals surface area contributed by atoms with Gasteiger partial charge in [0.25, 0.3) is 0 Å². The van der Waals surface area contributed by atoms with Crippen molar-refractivity contribution in [1.82, 2.24) is 9.13 Å². The maximum absolute atomic E-state index is 10.8. The van der Waals surface area contributed by atoms with E-state index in [0.29, 0.717) is 11.1 Å². The molecule has 258 valence electrons. The third kappa shape index (κ3) is 4.13. The Balaban J connectivity index is 1.08. The van der Waals surface area contributed by atoms with E-state index < -0.39 is 0 Å². The highest BCUT2D eigenvalue weighted by Gasteiger charge is 2.21. The lowest BCUT2D eigenvalue weighted by Gasteiger charge is -2.14. The van der Waals surface area contributed by atoms with E-state index in [1.165, 1.54) is 0 Å². The molecule has 8 aromatic carbocycles. The summed E-state index contributed by atoms with van der Waals surface area (Å²) in [5.74, 6) is 0. The smallest absolute Gasteiger partial charge is 0.160 e. The van der Waals surface area contributed by atoms with E-state index in [1.807, 2.05) is 91.0 Å². The van der Waals surface area contributed by atoms with Gasteiger partial charge in [-0.05, 0) is 83.9 Å². The molecule has 0 aliphatic heterocycles. The van der Waals surface area contributed by atoms with Crippen molar-refractivity contribution in [3.8, 4) is 34.6 Å². The third-order valence-electron chi connectivity index (χ3n) is 11.3. The van der Waals surface area contributed by atoms with Gasteiger partial charge in [0, 0.05) is 48.8 Å². The molecule has 0 aliphatic rings. The molecule has 0 saturated carbocycles. The number of aromatic nitrogens is 2. The fourth-order valence-corrected chi connectivity index (χ4v) is 8.92. The molecule has 0 spiro atoms. The highest BCUT2D eigenvalue weighted by molar-refractivity contribution is 6.22. The summed E-state index contributed by atoms with van der Waals surface area (Å²) >= 11 is 0. The molecule has 0 unspecified atom stereocenters. The van der Waals surface area contributed by atoms with E-state index >= 15 is 0 Å². The summed E-state index contributed by atoms with van der Waals surface area (Å²) in [6.45, 7) is 0. The largest absolute Gasteiger partial charge is 0.456 e. The molecule has 0 N–H and O–H groups in total. The van der Waals surface area contributed by atoms with Crippen LogP contribution < -0.4 is 0 Å². The lowest BCUT2D eigenvalue weighted by Crippen LogP contribution is -1.99. The average molecular weight is 715 g/mol.